The van der Waals surface area contributed by atoms with Crippen molar-refractivity contribution in [2.75, 3.05) is 32.8 Å². The average molecular weight is 422 g/mol. The van der Waals surface area contributed by atoms with Gasteiger partial charge in [0.15, 0.2) is 0 Å². The van der Waals surface area contributed by atoms with E-state index in [0.29, 0.717) is 38.0 Å². The van der Waals surface area contributed by atoms with Gasteiger partial charge in [-0.25, -0.2) is 9.78 Å². The van der Waals surface area contributed by atoms with Crippen LogP contribution in [-0.4, -0.2) is 71.7 Å². The van der Waals surface area contributed by atoms with E-state index >= 15 is 0 Å². The van der Waals surface area contributed by atoms with Gasteiger partial charge in [0.05, 0.1) is 12.1 Å². The second kappa shape index (κ2) is 8.19. The minimum Gasteiger partial charge on any atom is -0.439 e. The maximum atomic E-state index is 12.9. The molecule has 0 radical (unpaired) electrons. The molecule has 0 bridgehead atoms. The van der Waals surface area contributed by atoms with Crippen LogP contribution in [0.3, 0.4) is 0 Å². The maximum absolute atomic E-state index is 12.9. The van der Waals surface area contributed by atoms with Crippen LogP contribution in [0.15, 0.2) is 42.5 Å². The molecule has 3 aliphatic rings. The van der Waals surface area contributed by atoms with Crippen LogP contribution in [0.1, 0.15) is 23.6 Å². The molecule has 8 heteroatoms. The van der Waals surface area contributed by atoms with Crippen LogP contribution in [-0.2, 0) is 9.53 Å². The van der Waals surface area contributed by atoms with Gasteiger partial charge in [0.2, 0.25) is 11.8 Å². The number of benzene rings is 1. The molecular weight excluding hydrogens is 396 g/mol. The molecule has 0 unspecified atom stereocenters. The third-order valence-corrected chi connectivity index (χ3v) is 6.18. The van der Waals surface area contributed by atoms with E-state index in [1.807, 2.05) is 47.1 Å². The van der Waals surface area contributed by atoms with Gasteiger partial charge in [0, 0.05) is 43.9 Å². The van der Waals surface area contributed by atoms with Crippen LogP contribution in [0.2, 0.25) is 0 Å². The summed E-state index contributed by atoms with van der Waals surface area (Å²) in [6, 6.07) is 13.6. The Bertz CT molecular complexity index is 974. The number of aryl methyl sites for hydroxylation is 1. The van der Waals surface area contributed by atoms with Crippen molar-refractivity contribution in [1.82, 2.24) is 20.1 Å². The van der Waals surface area contributed by atoms with Crippen molar-refractivity contribution >= 4 is 11.9 Å². The number of ether oxygens (including phenoxy) is 2. The summed E-state index contributed by atoms with van der Waals surface area (Å²) in [5.41, 5.74) is 2.11. The molecule has 3 amide bonds. The molecule has 2 aromatic rings. The van der Waals surface area contributed by atoms with E-state index in [2.05, 4.69) is 22.4 Å². The van der Waals surface area contributed by atoms with E-state index in [1.165, 1.54) is 5.56 Å². The van der Waals surface area contributed by atoms with E-state index in [9.17, 15) is 9.59 Å². The maximum Gasteiger partial charge on any atom is 0.320 e. The Morgan fingerprint density at radius 3 is 2.71 bits per heavy atom. The molecule has 8 nitrogen and oxygen atoms in total. The number of morpholine rings is 1. The highest BCUT2D eigenvalue weighted by Gasteiger charge is 2.40. The summed E-state index contributed by atoms with van der Waals surface area (Å²) in [6.07, 6.45) is 0.771. The second-order valence-corrected chi connectivity index (χ2v) is 8.43. The highest BCUT2D eigenvalue weighted by atomic mass is 16.5. The van der Waals surface area contributed by atoms with Gasteiger partial charge in [-0.15, -0.1) is 0 Å². The minimum absolute atomic E-state index is 0.0154. The number of likely N-dealkylation sites (tertiary alicyclic amines) is 2. The predicted octanol–water partition coefficient (Wildman–Crippen LogP) is 2.29. The first kappa shape index (κ1) is 19.8. The van der Waals surface area contributed by atoms with Crippen LogP contribution in [0.5, 0.6) is 11.6 Å². The molecule has 3 saturated heterocycles. The summed E-state index contributed by atoms with van der Waals surface area (Å²) >= 11 is 0. The topological polar surface area (TPSA) is 84.0 Å². The van der Waals surface area contributed by atoms with Gasteiger partial charge in [0.1, 0.15) is 12.4 Å². The van der Waals surface area contributed by atoms with Crippen molar-refractivity contribution in [2.45, 2.75) is 31.4 Å². The molecule has 162 valence electrons. The number of pyridine rings is 1. The van der Waals surface area contributed by atoms with Crippen molar-refractivity contribution in [3.05, 3.63) is 53.7 Å². The second-order valence-electron chi connectivity index (χ2n) is 8.43. The number of urea groups is 1. The Balaban J connectivity index is 1.13. The summed E-state index contributed by atoms with van der Waals surface area (Å²) in [6.45, 7) is 4.62. The number of fused-ring (bicyclic) bond motifs is 1. The number of aromatic nitrogens is 1. The fraction of sp³-hybridized carbons (Fsp3) is 0.435. The monoisotopic (exact) mass is 422 g/mol. The lowest BCUT2D eigenvalue weighted by Crippen LogP contribution is -2.63. The third-order valence-electron chi connectivity index (χ3n) is 6.18. The smallest absolute Gasteiger partial charge is 0.320 e. The van der Waals surface area contributed by atoms with Crippen LogP contribution < -0.4 is 10.1 Å². The molecule has 5 rings (SSSR count). The number of carbonyl (C=O) groups excluding carboxylic acids is 2. The van der Waals surface area contributed by atoms with Gasteiger partial charge >= 0.3 is 6.03 Å². The molecule has 0 saturated carbocycles. The van der Waals surface area contributed by atoms with Crippen molar-refractivity contribution in [2.24, 2.45) is 0 Å². The number of hydrogen-bond donors (Lipinski definition) is 1. The van der Waals surface area contributed by atoms with E-state index in [1.54, 1.807) is 0 Å². The SMILES string of the molecule is Cc1cccc(Oc2ccc(C3CN(C(=O)N4CC[C@@H]5OCC(=O)N[C@@H]5C4)C3)cc2)n1. The van der Waals surface area contributed by atoms with Crippen LogP contribution in [0.4, 0.5) is 4.79 Å². The predicted molar refractivity (Wildman–Crippen MR) is 113 cm³/mol. The zero-order valence-electron chi connectivity index (χ0n) is 17.5. The first-order valence-electron chi connectivity index (χ1n) is 10.7. The summed E-state index contributed by atoms with van der Waals surface area (Å²) in [5, 5.41) is 2.95. The number of rotatable bonds is 3. The molecule has 31 heavy (non-hydrogen) atoms. The van der Waals surface area contributed by atoms with Gasteiger partial charge < -0.3 is 24.6 Å². The number of nitrogens with zero attached hydrogens (tertiary/aromatic N) is 3. The minimum atomic E-state index is -0.106. The number of carbonyl (C=O) groups is 2. The van der Waals surface area contributed by atoms with Gasteiger partial charge in [-0.2, -0.15) is 0 Å². The highest BCUT2D eigenvalue weighted by molar-refractivity contribution is 5.79. The Morgan fingerprint density at radius 1 is 1.13 bits per heavy atom. The molecule has 0 aliphatic carbocycles. The van der Waals surface area contributed by atoms with Gasteiger partial charge in [-0.1, -0.05) is 18.2 Å². The molecule has 1 aromatic carbocycles. The fourth-order valence-electron chi connectivity index (χ4n) is 4.42. The van der Waals surface area contributed by atoms with E-state index in [-0.39, 0.29) is 30.7 Å². The highest BCUT2D eigenvalue weighted by Crippen LogP contribution is 2.31. The number of hydrogen-bond acceptors (Lipinski definition) is 5. The summed E-state index contributed by atoms with van der Waals surface area (Å²) in [5.74, 6) is 1.54. The molecular formula is C23H26N4O4. The van der Waals surface area contributed by atoms with Gasteiger partial charge in [-0.05, 0) is 37.1 Å². The van der Waals surface area contributed by atoms with Crippen molar-refractivity contribution < 1.29 is 19.1 Å². The molecule has 3 fully saturated rings. The summed E-state index contributed by atoms with van der Waals surface area (Å²) < 4.78 is 11.4. The summed E-state index contributed by atoms with van der Waals surface area (Å²) in [7, 11) is 0. The molecule has 1 aromatic heterocycles. The lowest BCUT2D eigenvalue weighted by molar-refractivity contribution is -0.139. The Hall–Kier alpha value is -3.13. The van der Waals surface area contributed by atoms with Crippen LogP contribution >= 0.6 is 0 Å². The Labute approximate surface area is 181 Å². The zero-order chi connectivity index (χ0) is 21.4. The first-order chi connectivity index (χ1) is 15.0. The molecule has 0 spiro atoms. The third kappa shape index (κ3) is 4.20. The molecule has 2 atom stereocenters. The Kier molecular flexibility index (Phi) is 5.23. The van der Waals surface area contributed by atoms with Crippen LogP contribution in [0.25, 0.3) is 0 Å². The van der Waals surface area contributed by atoms with E-state index in [4.69, 9.17) is 9.47 Å². The van der Waals surface area contributed by atoms with E-state index in [0.717, 1.165) is 17.9 Å². The van der Waals surface area contributed by atoms with Crippen molar-refractivity contribution in [3.8, 4) is 11.6 Å². The summed E-state index contributed by atoms with van der Waals surface area (Å²) in [4.78, 5) is 32.5. The Morgan fingerprint density at radius 2 is 1.94 bits per heavy atom. The molecule has 3 aliphatic heterocycles. The lowest BCUT2D eigenvalue weighted by Gasteiger charge is -2.46. The van der Waals surface area contributed by atoms with Crippen LogP contribution in [0, 0.1) is 6.92 Å². The first-order valence-corrected chi connectivity index (χ1v) is 10.7. The number of amides is 3. The molecule has 1 N–H and O–H groups in total. The van der Waals surface area contributed by atoms with Crippen molar-refractivity contribution in [1.29, 1.82) is 0 Å². The standard InChI is InChI=1S/C23H26N4O4/c1-15-3-2-4-22(24-15)31-18-7-5-16(6-8-18)17-11-27(12-17)23(29)26-10-9-20-19(13-26)25-21(28)14-30-20/h2-8,17,19-20H,9-14H2,1H3,(H,25,28)/t19-,20+/m1/s1. The number of piperidine rings is 1. The van der Waals surface area contributed by atoms with Crippen molar-refractivity contribution in [3.63, 3.8) is 0 Å². The average Bonchev–Trinajstić information content (AvgIpc) is 2.73. The zero-order valence-corrected chi connectivity index (χ0v) is 17.5. The quantitative estimate of drug-likeness (QED) is 0.821. The normalized spacial score (nSPS) is 23.6. The lowest BCUT2D eigenvalue weighted by atomic mass is 9.91. The largest absolute Gasteiger partial charge is 0.439 e. The number of nitrogens with one attached hydrogen (secondary N) is 1. The molecule has 4 heterocycles. The van der Waals surface area contributed by atoms with Gasteiger partial charge in [-0.3, -0.25) is 4.79 Å². The van der Waals surface area contributed by atoms with E-state index < -0.39 is 0 Å². The van der Waals surface area contributed by atoms with Gasteiger partial charge in [0.25, 0.3) is 0 Å². The fourth-order valence-corrected chi connectivity index (χ4v) is 4.42.